The predicted molar refractivity (Wildman–Crippen MR) is 74.6 cm³/mol. The van der Waals surface area contributed by atoms with Crippen molar-refractivity contribution >= 4 is 16.8 Å². The van der Waals surface area contributed by atoms with Crippen molar-refractivity contribution in [3.63, 3.8) is 0 Å². The van der Waals surface area contributed by atoms with Gasteiger partial charge in [0.15, 0.2) is 0 Å². The first-order valence-electron chi connectivity index (χ1n) is 6.44. The molecular formula is C15H20N2O. The Morgan fingerprint density at radius 3 is 2.78 bits per heavy atom. The van der Waals surface area contributed by atoms with Crippen LogP contribution in [0.3, 0.4) is 0 Å². The van der Waals surface area contributed by atoms with Crippen LogP contribution in [0.2, 0.25) is 0 Å². The molecule has 0 aliphatic heterocycles. The van der Waals surface area contributed by atoms with Gasteiger partial charge in [0.2, 0.25) is 0 Å². The van der Waals surface area contributed by atoms with E-state index < -0.39 is 0 Å². The second-order valence-corrected chi connectivity index (χ2v) is 5.18. The number of nitrogens with one attached hydrogen (secondary N) is 2. The fourth-order valence-electron chi connectivity index (χ4n) is 1.86. The molecule has 1 heterocycles. The van der Waals surface area contributed by atoms with Crippen LogP contribution in [0.1, 0.15) is 31.1 Å². The molecule has 3 nitrogen and oxygen atoms in total. The lowest BCUT2D eigenvalue weighted by Crippen LogP contribution is -2.30. The molecule has 0 fully saturated rings. The maximum Gasteiger partial charge on any atom is 0.253 e. The molecule has 0 aliphatic carbocycles. The van der Waals surface area contributed by atoms with Crippen molar-refractivity contribution < 1.29 is 4.79 Å². The van der Waals surface area contributed by atoms with Crippen LogP contribution in [0.15, 0.2) is 30.5 Å². The number of fused-ring (bicyclic) bond motifs is 1. The molecule has 96 valence electrons. The van der Waals surface area contributed by atoms with Crippen molar-refractivity contribution in [1.29, 1.82) is 0 Å². The number of benzene rings is 1. The number of aromatic amines is 1. The van der Waals surface area contributed by atoms with Crippen LogP contribution >= 0.6 is 0 Å². The summed E-state index contributed by atoms with van der Waals surface area (Å²) in [5.41, 5.74) is 1.63. The number of aromatic nitrogens is 1. The molecule has 1 aromatic heterocycles. The highest BCUT2D eigenvalue weighted by Crippen LogP contribution is 2.17. The second-order valence-electron chi connectivity index (χ2n) is 5.18. The summed E-state index contributed by atoms with van der Waals surface area (Å²) in [4.78, 5) is 15.3. The highest BCUT2D eigenvalue weighted by Gasteiger charge is 2.13. The van der Waals surface area contributed by atoms with Gasteiger partial charge in [0.1, 0.15) is 0 Å². The molecule has 1 aromatic carbocycles. The first-order chi connectivity index (χ1) is 8.59. The Kier molecular flexibility index (Phi) is 3.70. The summed E-state index contributed by atoms with van der Waals surface area (Å²) < 4.78 is 0. The Morgan fingerprint density at radius 1 is 1.28 bits per heavy atom. The van der Waals surface area contributed by atoms with Crippen LogP contribution in [0, 0.1) is 11.8 Å². The number of para-hydroxylation sites is 1. The zero-order valence-corrected chi connectivity index (χ0v) is 11.2. The molecule has 2 rings (SSSR count). The molecule has 2 N–H and O–H groups in total. The van der Waals surface area contributed by atoms with E-state index in [9.17, 15) is 4.79 Å². The van der Waals surface area contributed by atoms with Crippen LogP contribution in [-0.4, -0.2) is 17.4 Å². The maximum absolute atomic E-state index is 12.2. The molecule has 18 heavy (non-hydrogen) atoms. The molecular weight excluding hydrogens is 224 g/mol. The number of carbonyl (C=O) groups is 1. The van der Waals surface area contributed by atoms with Gasteiger partial charge in [0.25, 0.3) is 5.91 Å². The van der Waals surface area contributed by atoms with Gasteiger partial charge in [-0.1, -0.05) is 32.9 Å². The molecule has 0 saturated carbocycles. The minimum absolute atomic E-state index is 0.00412. The zero-order valence-electron chi connectivity index (χ0n) is 11.2. The lowest BCUT2D eigenvalue weighted by Gasteiger charge is -2.16. The minimum Gasteiger partial charge on any atom is -0.361 e. The van der Waals surface area contributed by atoms with E-state index in [-0.39, 0.29) is 5.91 Å². The van der Waals surface area contributed by atoms with Crippen LogP contribution in [0.5, 0.6) is 0 Å². The van der Waals surface area contributed by atoms with E-state index in [2.05, 4.69) is 31.1 Å². The third-order valence-corrected chi connectivity index (χ3v) is 3.55. The molecule has 3 heteroatoms. The number of H-pyrrole nitrogens is 1. The van der Waals surface area contributed by atoms with E-state index in [1.807, 2.05) is 30.5 Å². The van der Waals surface area contributed by atoms with Gasteiger partial charge in [-0.15, -0.1) is 0 Å². The largest absolute Gasteiger partial charge is 0.361 e. The molecule has 0 saturated heterocycles. The predicted octanol–water partition coefficient (Wildman–Crippen LogP) is 3.19. The van der Waals surface area contributed by atoms with Gasteiger partial charge in [0, 0.05) is 18.1 Å². The van der Waals surface area contributed by atoms with Gasteiger partial charge in [-0.3, -0.25) is 4.79 Å². The van der Waals surface area contributed by atoms with Crippen molar-refractivity contribution in [2.24, 2.45) is 11.8 Å². The van der Waals surface area contributed by atoms with Gasteiger partial charge in [-0.2, -0.15) is 0 Å². The Hall–Kier alpha value is -1.77. The number of hydrogen-bond donors (Lipinski definition) is 2. The van der Waals surface area contributed by atoms with Crippen LogP contribution in [-0.2, 0) is 0 Å². The van der Waals surface area contributed by atoms with E-state index in [4.69, 9.17) is 0 Å². The van der Waals surface area contributed by atoms with Crippen molar-refractivity contribution in [1.82, 2.24) is 10.3 Å². The maximum atomic E-state index is 12.2. The van der Waals surface area contributed by atoms with Crippen molar-refractivity contribution in [2.75, 3.05) is 6.54 Å². The molecule has 0 aliphatic rings. The third-order valence-electron chi connectivity index (χ3n) is 3.55. The first kappa shape index (κ1) is 12.7. The van der Waals surface area contributed by atoms with Crippen molar-refractivity contribution in [3.05, 3.63) is 36.0 Å². The summed E-state index contributed by atoms with van der Waals surface area (Å²) in [6.45, 7) is 7.21. The number of carbonyl (C=O) groups excluding carboxylic acids is 1. The summed E-state index contributed by atoms with van der Waals surface area (Å²) >= 11 is 0. The molecule has 1 unspecified atom stereocenters. The van der Waals surface area contributed by atoms with E-state index in [0.29, 0.717) is 23.9 Å². The average molecular weight is 244 g/mol. The van der Waals surface area contributed by atoms with Gasteiger partial charge in [-0.05, 0) is 24.0 Å². The second kappa shape index (κ2) is 5.25. The van der Waals surface area contributed by atoms with E-state index in [1.54, 1.807) is 0 Å². The lowest BCUT2D eigenvalue weighted by molar-refractivity contribution is 0.0946. The Balaban J connectivity index is 2.12. The minimum atomic E-state index is -0.00412. The van der Waals surface area contributed by atoms with Gasteiger partial charge >= 0.3 is 0 Å². The molecule has 0 radical (unpaired) electrons. The summed E-state index contributed by atoms with van der Waals surface area (Å²) in [7, 11) is 0. The van der Waals surface area contributed by atoms with Gasteiger partial charge < -0.3 is 10.3 Å². The topological polar surface area (TPSA) is 44.9 Å². The number of rotatable bonds is 4. The highest BCUT2D eigenvalue weighted by molar-refractivity contribution is 6.05. The summed E-state index contributed by atoms with van der Waals surface area (Å²) in [6, 6.07) is 7.74. The SMILES string of the molecule is CC(C)C(C)CNC(=O)c1cccc2cc[nH]c12. The normalized spacial score (nSPS) is 12.9. The molecule has 0 bridgehead atoms. The smallest absolute Gasteiger partial charge is 0.253 e. The fourth-order valence-corrected chi connectivity index (χ4v) is 1.86. The first-order valence-corrected chi connectivity index (χ1v) is 6.44. The molecule has 1 atom stereocenters. The van der Waals surface area contributed by atoms with Crippen molar-refractivity contribution in [3.8, 4) is 0 Å². The quantitative estimate of drug-likeness (QED) is 0.852. The summed E-state index contributed by atoms with van der Waals surface area (Å²) in [5, 5.41) is 4.07. The van der Waals surface area contributed by atoms with Crippen LogP contribution in [0.4, 0.5) is 0 Å². The standard InChI is InChI=1S/C15H20N2O/c1-10(2)11(3)9-17-15(18)13-6-4-5-12-7-8-16-14(12)13/h4-8,10-11,16H,9H2,1-3H3,(H,17,18). The van der Waals surface area contributed by atoms with E-state index in [0.717, 1.165) is 10.9 Å². The number of amides is 1. The summed E-state index contributed by atoms with van der Waals surface area (Å²) in [6.07, 6.45) is 1.86. The molecule has 2 aromatic rings. The Labute approximate surface area is 108 Å². The van der Waals surface area contributed by atoms with Gasteiger partial charge in [-0.25, -0.2) is 0 Å². The number of hydrogen-bond acceptors (Lipinski definition) is 1. The van der Waals surface area contributed by atoms with Crippen LogP contribution < -0.4 is 5.32 Å². The zero-order chi connectivity index (χ0) is 13.1. The Morgan fingerprint density at radius 2 is 2.06 bits per heavy atom. The monoisotopic (exact) mass is 244 g/mol. The third kappa shape index (κ3) is 2.55. The van der Waals surface area contributed by atoms with E-state index >= 15 is 0 Å². The lowest BCUT2D eigenvalue weighted by atomic mass is 9.98. The molecule has 0 spiro atoms. The molecule has 1 amide bonds. The average Bonchev–Trinajstić information content (AvgIpc) is 2.83. The van der Waals surface area contributed by atoms with Crippen LogP contribution in [0.25, 0.3) is 10.9 Å². The van der Waals surface area contributed by atoms with Crippen molar-refractivity contribution in [2.45, 2.75) is 20.8 Å². The Bertz CT molecular complexity index is 542. The fraction of sp³-hybridized carbons (Fsp3) is 0.400. The highest BCUT2D eigenvalue weighted by atomic mass is 16.1. The van der Waals surface area contributed by atoms with Gasteiger partial charge in [0.05, 0.1) is 11.1 Å². The van der Waals surface area contributed by atoms with E-state index in [1.165, 1.54) is 0 Å². The summed E-state index contributed by atoms with van der Waals surface area (Å²) in [5.74, 6) is 1.05.